The average Bonchev–Trinajstić information content (AvgIpc) is 3.43. The van der Waals surface area contributed by atoms with Crippen LogP contribution >= 0.6 is 23.1 Å². The summed E-state index contributed by atoms with van der Waals surface area (Å²) < 4.78 is 10.9. The van der Waals surface area contributed by atoms with Crippen molar-refractivity contribution in [3.63, 3.8) is 0 Å². The van der Waals surface area contributed by atoms with Gasteiger partial charge in [-0.25, -0.2) is 4.98 Å². The number of aryl methyl sites for hydroxylation is 1. The molecule has 3 amide bonds. The molecule has 0 radical (unpaired) electrons. The highest BCUT2D eigenvalue weighted by atomic mass is 32.2. The Morgan fingerprint density at radius 2 is 1.74 bits per heavy atom. The van der Waals surface area contributed by atoms with Crippen LogP contribution in [0.15, 0.2) is 88.8 Å². The van der Waals surface area contributed by atoms with Crippen molar-refractivity contribution in [2.24, 2.45) is 0 Å². The minimum Gasteiger partial charge on any atom is -0.493 e. The number of nitrogens with zero attached hydrogens (tertiary/aromatic N) is 1. The molecule has 43 heavy (non-hydrogen) atoms. The number of benzene rings is 3. The Labute approximate surface area is 258 Å². The van der Waals surface area contributed by atoms with Crippen molar-refractivity contribution >= 4 is 57.7 Å². The van der Waals surface area contributed by atoms with Crippen molar-refractivity contribution < 1.29 is 23.9 Å². The van der Waals surface area contributed by atoms with E-state index in [-0.39, 0.29) is 16.9 Å². The fraction of sp³-hybridized carbons (Fsp3) is 0.188. The minimum absolute atomic E-state index is 0.00279. The summed E-state index contributed by atoms with van der Waals surface area (Å²) in [6, 6.07) is 21.1. The first kappa shape index (κ1) is 31.3. The lowest BCUT2D eigenvalue weighted by atomic mass is 10.1. The molecule has 1 heterocycles. The number of rotatable bonds is 12. The van der Waals surface area contributed by atoms with Crippen LogP contribution in [-0.2, 0) is 9.59 Å². The Hall–Kier alpha value is -4.61. The monoisotopic (exact) mass is 616 g/mol. The number of ether oxygens (including phenoxy) is 2. The molecule has 0 spiro atoms. The van der Waals surface area contributed by atoms with Crippen LogP contribution in [0, 0.1) is 6.92 Å². The van der Waals surface area contributed by atoms with E-state index in [0.717, 1.165) is 10.6 Å². The van der Waals surface area contributed by atoms with E-state index in [1.165, 1.54) is 43.4 Å². The van der Waals surface area contributed by atoms with Crippen LogP contribution in [0.1, 0.15) is 35.0 Å². The number of carbonyl (C=O) groups excluding carboxylic acids is 3. The Morgan fingerprint density at radius 3 is 2.42 bits per heavy atom. The van der Waals surface area contributed by atoms with Crippen molar-refractivity contribution in [3.05, 3.63) is 101 Å². The molecule has 1 aromatic heterocycles. The Bertz CT molecular complexity index is 1620. The molecule has 0 bridgehead atoms. The SMILES string of the molecule is CCC(Sc1cccc(NC(=O)/C(=C\c2cccc(OC)c2OC)NC(=O)c2ccccc2)c1)C(=O)Nc1nc(C)cs1. The van der Waals surface area contributed by atoms with E-state index in [9.17, 15) is 14.4 Å². The number of para-hydroxylation sites is 1. The molecule has 4 aromatic rings. The van der Waals surface area contributed by atoms with E-state index in [0.29, 0.717) is 39.9 Å². The number of nitrogens with one attached hydrogen (secondary N) is 3. The smallest absolute Gasteiger partial charge is 0.272 e. The largest absolute Gasteiger partial charge is 0.493 e. The molecule has 1 atom stereocenters. The van der Waals surface area contributed by atoms with Gasteiger partial charge in [0.2, 0.25) is 5.91 Å². The molecule has 0 aliphatic rings. The van der Waals surface area contributed by atoms with Gasteiger partial charge in [0.05, 0.1) is 25.2 Å². The molecule has 4 rings (SSSR count). The molecule has 0 saturated heterocycles. The molecular weight excluding hydrogens is 585 g/mol. The number of amides is 3. The van der Waals surface area contributed by atoms with Gasteiger partial charge < -0.3 is 25.4 Å². The third-order valence-electron chi connectivity index (χ3n) is 6.14. The van der Waals surface area contributed by atoms with Gasteiger partial charge in [0, 0.05) is 27.1 Å². The molecular formula is C32H32N4O5S2. The second-order valence-electron chi connectivity index (χ2n) is 9.24. The number of methoxy groups -OCH3 is 2. The third kappa shape index (κ3) is 8.46. The highest BCUT2D eigenvalue weighted by Gasteiger charge is 2.21. The van der Waals surface area contributed by atoms with Crippen LogP contribution in [0.25, 0.3) is 6.08 Å². The van der Waals surface area contributed by atoms with Crippen molar-refractivity contribution in [1.29, 1.82) is 0 Å². The van der Waals surface area contributed by atoms with Crippen LogP contribution in [0.4, 0.5) is 10.8 Å². The van der Waals surface area contributed by atoms with E-state index in [1.54, 1.807) is 66.7 Å². The zero-order chi connectivity index (χ0) is 30.8. The van der Waals surface area contributed by atoms with Crippen molar-refractivity contribution in [2.45, 2.75) is 30.4 Å². The lowest BCUT2D eigenvalue weighted by molar-refractivity contribution is -0.116. The van der Waals surface area contributed by atoms with E-state index < -0.39 is 11.8 Å². The molecule has 222 valence electrons. The Balaban J connectivity index is 1.56. The zero-order valence-corrected chi connectivity index (χ0v) is 25.8. The first-order valence-corrected chi connectivity index (χ1v) is 15.2. The number of aromatic nitrogens is 1. The summed E-state index contributed by atoms with van der Waals surface area (Å²) in [7, 11) is 3.02. The molecule has 3 N–H and O–H groups in total. The number of thiazole rings is 1. The lowest BCUT2D eigenvalue weighted by Crippen LogP contribution is -2.30. The Kier molecular flexibility index (Phi) is 11.0. The summed E-state index contributed by atoms with van der Waals surface area (Å²) >= 11 is 2.77. The number of thioether (sulfide) groups is 1. The summed E-state index contributed by atoms with van der Waals surface area (Å²) in [5, 5.41) is 10.6. The van der Waals surface area contributed by atoms with Gasteiger partial charge in [-0.05, 0) is 55.8 Å². The molecule has 9 nitrogen and oxygen atoms in total. The normalized spacial score (nSPS) is 11.8. The predicted octanol–water partition coefficient (Wildman–Crippen LogP) is 6.39. The van der Waals surface area contributed by atoms with Crippen LogP contribution in [0.5, 0.6) is 11.5 Å². The maximum atomic E-state index is 13.6. The molecule has 0 aliphatic heterocycles. The predicted molar refractivity (Wildman–Crippen MR) is 172 cm³/mol. The van der Waals surface area contributed by atoms with Crippen LogP contribution in [0.2, 0.25) is 0 Å². The minimum atomic E-state index is -0.541. The quantitative estimate of drug-likeness (QED) is 0.125. The molecule has 11 heteroatoms. The fourth-order valence-electron chi connectivity index (χ4n) is 4.05. The highest BCUT2D eigenvalue weighted by molar-refractivity contribution is 8.00. The van der Waals surface area contributed by atoms with E-state index in [4.69, 9.17) is 9.47 Å². The summed E-state index contributed by atoms with van der Waals surface area (Å²) in [5.41, 5.74) is 2.29. The van der Waals surface area contributed by atoms with Gasteiger partial charge >= 0.3 is 0 Å². The summed E-state index contributed by atoms with van der Waals surface area (Å²) in [6.45, 7) is 3.81. The van der Waals surface area contributed by atoms with Gasteiger partial charge in [0.15, 0.2) is 16.6 Å². The van der Waals surface area contributed by atoms with Crippen molar-refractivity contribution in [2.75, 3.05) is 24.9 Å². The molecule has 0 fully saturated rings. The van der Waals surface area contributed by atoms with Gasteiger partial charge in [-0.3, -0.25) is 14.4 Å². The number of anilines is 2. The van der Waals surface area contributed by atoms with E-state index in [2.05, 4.69) is 20.9 Å². The highest BCUT2D eigenvalue weighted by Crippen LogP contribution is 2.32. The van der Waals surface area contributed by atoms with Crippen LogP contribution in [-0.4, -0.2) is 42.2 Å². The van der Waals surface area contributed by atoms with E-state index >= 15 is 0 Å². The molecule has 3 aromatic carbocycles. The van der Waals surface area contributed by atoms with Crippen molar-refractivity contribution in [1.82, 2.24) is 10.3 Å². The lowest BCUT2D eigenvalue weighted by Gasteiger charge is -2.15. The Morgan fingerprint density at radius 1 is 0.977 bits per heavy atom. The third-order valence-corrected chi connectivity index (χ3v) is 8.38. The van der Waals surface area contributed by atoms with E-state index in [1.807, 2.05) is 25.3 Å². The summed E-state index contributed by atoms with van der Waals surface area (Å²) in [6.07, 6.45) is 2.13. The number of hydrogen-bond donors (Lipinski definition) is 3. The summed E-state index contributed by atoms with van der Waals surface area (Å²) in [5.74, 6) is -0.230. The molecule has 0 saturated carbocycles. The zero-order valence-electron chi connectivity index (χ0n) is 24.2. The van der Waals surface area contributed by atoms with Crippen LogP contribution < -0.4 is 25.4 Å². The maximum Gasteiger partial charge on any atom is 0.272 e. The molecule has 0 aliphatic carbocycles. The maximum absolute atomic E-state index is 13.6. The summed E-state index contributed by atoms with van der Waals surface area (Å²) in [4.78, 5) is 44.7. The fourth-order valence-corrected chi connectivity index (χ4v) is 5.76. The van der Waals surface area contributed by atoms with Gasteiger partial charge in [-0.15, -0.1) is 23.1 Å². The van der Waals surface area contributed by atoms with Gasteiger partial charge in [-0.2, -0.15) is 0 Å². The average molecular weight is 617 g/mol. The first-order chi connectivity index (χ1) is 20.8. The number of carbonyl (C=O) groups is 3. The first-order valence-electron chi connectivity index (χ1n) is 13.4. The van der Waals surface area contributed by atoms with Gasteiger partial charge in [0.1, 0.15) is 5.70 Å². The van der Waals surface area contributed by atoms with Gasteiger partial charge in [-0.1, -0.05) is 43.3 Å². The van der Waals surface area contributed by atoms with Crippen molar-refractivity contribution in [3.8, 4) is 11.5 Å². The van der Waals surface area contributed by atoms with Gasteiger partial charge in [0.25, 0.3) is 11.8 Å². The topological polar surface area (TPSA) is 119 Å². The van der Waals surface area contributed by atoms with Crippen LogP contribution in [0.3, 0.4) is 0 Å². The standard InChI is InChI=1S/C32H32N4O5S2/c1-5-27(31(39)36-32-33-20(2)19-42-32)43-24-15-10-14-23(18-24)34-30(38)25(35-29(37)21-11-7-6-8-12-21)17-22-13-9-16-26(40-3)28(22)41-4/h6-19,27H,5H2,1-4H3,(H,34,38)(H,35,37)(H,33,36,39)/b25-17+. The molecule has 1 unspecified atom stereocenters. The second-order valence-corrected chi connectivity index (χ2v) is 11.4. The number of hydrogen-bond acceptors (Lipinski definition) is 8. The second kappa shape index (κ2) is 15.0.